The second-order valence-electron chi connectivity index (χ2n) is 6.79. The summed E-state index contributed by atoms with van der Waals surface area (Å²) in [6.45, 7) is 0. The van der Waals surface area contributed by atoms with E-state index in [9.17, 15) is 13.2 Å². The Bertz CT molecular complexity index is 650. The number of nitrogens with zero attached hydrogens (tertiary/aromatic N) is 1. The predicted octanol–water partition coefficient (Wildman–Crippen LogP) is 6.42. The summed E-state index contributed by atoms with van der Waals surface area (Å²) >= 11 is 0. The fourth-order valence-corrected chi connectivity index (χ4v) is 3.46. The first kappa shape index (κ1) is 19.3. The number of unbranched alkanes of at least 4 members (excludes halogenated alkanes) is 1. The molecule has 25 heavy (non-hydrogen) atoms. The Morgan fingerprint density at radius 1 is 1.12 bits per heavy atom. The number of aryl methyl sites for hydroxylation is 1. The lowest BCUT2D eigenvalue weighted by Crippen LogP contribution is -2.13. The van der Waals surface area contributed by atoms with Crippen molar-refractivity contribution in [3.8, 4) is 6.07 Å². The topological polar surface area (TPSA) is 23.8 Å². The summed E-state index contributed by atoms with van der Waals surface area (Å²) in [6, 6.07) is 5.59. The lowest BCUT2D eigenvalue weighted by Gasteiger charge is -2.26. The highest BCUT2D eigenvalue weighted by Gasteiger charge is 2.18. The van der Waals surface area contributed by atoms with Gasteiger partial charge in [-0.15, -0.1) is 0 Å². The van der Waals surface area contributed by atoms with Gasteiger partial charge in [0.1, 0.15) is 6.07 Å². The van der Waals surface area contributed by atoms with Gasteiger partial charge in [0.25, 0.3) is 0 Å². The lowest BCUT2D eigenvalue weighted by molar-refractivity contribution is 0.289. The lowest BCUT2D eigenvalue weighted by atomic mass is 9.79. The number of rotatable bonds is 7. The molecule has 134 valence electrons. The average molecular weight is 347 g/mol. The minimum absolute atomic E-state index is 0.473. The number of benzene rings is 1. The number of hydrogen-bond acceptors (Lipinski definition) is 1. The quantitative estimate of drug-likeness (QED) is 0.317. The first-order chi connectivity index (χ1) is 12.1. The van der Waals surface area contributed by atoms with Crippen LogP contribution < -0.4 is 0 Å². The van der Waals surface area contributed by atoms with Gasteiger partial charge in [-0.05, 0) is 74.1 Å². The first-order valence-corrected chi connectivity index (χ1v) is 8.96. The molecule has 2 rings (SSSR count). The van der Waals surface area contributed by atoms with Gasteiger partial charge < -0.3 is 0 Å². The van der Waals surface area contributed by atoms with Crippen LogP contribution in [0, 0.1) is 34.8 Å². The van der Waals surface area contributed by atoms with Crippen molar-refractivity contribution in [2.45, 2.75) is 51.4 Å². The third-order valence-corrected chi connectivity index (χ3v) is 4.94. The molecule has 0 radical (unpaired) electrons. The molecule has 0 spiro atoms. The maximum absolute atomic E-state index is 13.1. The second-order valence-corrected chi connectivity index (χ2v) is 6.79. The Kier molecular flexibility index (Phi) is 7.78. The van der Waals surface area contributed by atoms with Crippen molar-refractivity contribution in [2.75, 3.05) is 0 Å². The zero-order valence-electron chi connectivity index (χ0n) is 14.4. The van der Waals surface area contributed by atoms with Gasteiger partial charge in [-0.1, -0.05) is 31.1 Å². The molecule has 1 aliphatic rings. The molecule has 0 N–H and O–H groups in total. The Balaban J connectivity index is 1.62. The van der Waals surface area contributed by atoms with Crippen molar-refractivity contribution in [3.63, 3.8) is 0 Å². The second kappa shape index (κ2) is 10.1. The van der Waals surface area contributed by atoms with Crippen LogP contribution in [0.15, 0.2) is 42.3 Å². The zero-order chi connectivity index (χ0) is 18.1. The van der Waals surface area contributed by atoms with Gasteiger partial charge >= 0.3 is 0 Å². The molecule has 0 bridgehead atoms. The van der Waals surface area contributed by atoms with E-state index in [4.69, 9.17) is 5.26 Å². The van der Waals surface area contributed by atoms with Crippen LogP contribution in [0.4, 0.5) is 13.2 Å². The zero-order valence-corrected chi connectivity index (χ0v) is 14.4. The highest BCUT2D eigenvalue weighted by atomic mass is 19.2. The predicted molar refractivity (Wildman–Crippen MR) is 93.3 cm³/mol. The highest BCUT2D eigenvalue weighted by Crippen LogP contribution is 2.32. The molecule has 1 nitrogen and oxygen atoms in total. The molecule has 0 heterocycles. The third kappa shape index (κ3) is 6.78. The van der Waals surface area contributed by atoms with Crippen LogP contribution in [0.2, 0.25) is 0 Å². The van der Waals surface area contributed by atoms with Crippen molar-refractivity contribution in [1.29, 1.82) is 5.26 Å². The van der Waals surface area contributed by atoms with Gasteiger partial charge in [-0.2, -0.15) is 9.65 Å². The van der Waals surface area contributed by atoms with Crippen LogP contribution in [-0.2, 0) is 6.42 Å². The van der Waals surface area contributed by atoms with Crippen LogP contribution in [0.1, 0.15) is 50.5 Å². The van der Waals surface area contributed by atoms with Gasteiger partial charge in [0, 0.05) is 0 Å². The maximum Gasteiger partial charge on any atom is 0.199 e. The minimum Gasteiger partial charge on any atom is -0.204 e. The van der Waals surface area contributed by atoms with Crippen LogP contribution in [0.3, 0.4) is 0 Å². The van der Waals surface area contributed by atoms with E-state index >= 15 is 0 Å². The first-order valence-electron chi connectivity index (χ1n) is 8.96. The highest BCUT2D eigenvalue weighted by molar-refractivity contribution is 5.19. The van der Waals surface area contributed by atoms with E-state index in [1.54, 1.807) is 12.1 Å². The molecular formula is C21H24F3N. The average Bonchev–Trinajstić information content (AvgIpc) is 2.62. The summed E-state index contributed by atoms with van der Waals surface area (Å²) in [5, 5.41) is 8.35. The molecule has 1 fully saturated rings. The van der Waals surface area contributed by atoms with E-state index in [0.717, 1.165) is 43.6 Å². The molecule has 0 atom stereocenters. The fraction of sp³-hybridized carbons (Fsp3) is 0.476. The van der Waals surface area contributed by atoms with Gasteiger partial charge in [-0.25, -0.2) is 8.78 Å². The smallest absolute Gasteiger partial charge is 0.199 e. The molecule has 0 saturated heterocycles. The van der Waals surface area contributed by atoms with E-state index in [0.29, 0.717) is 5.92 Å². The summed E-state index contributed by atoms with van der Waals surface area (Å²) in [6.07, 6.45) is 13.4. The Labute approximate surface area is 147 Å². The largest absolute Gasteiger partial charge is 0.204 e. The van der Waals surface area contributed by atoms with Crippen molar-refractivity contribution < 1.29 is 13.2 Å². The van der Waals surface area contributed by atoms with E-state index in [2.05, 4.69) is 0 Å². The molecule has 0 amide bonds. The minimum atomic E-state index is -0.791. The number of halogens is 3. The van der Waals surface area contributed by atoms with Gasteiger partial charge in [0.2, 0.25) is 0 Å². The standard InChI is InChI=1S/C21H24F3N/c22-19(15-25)7-3-6-17-10-8-16(9-11-17)4-1-2-5-18-12-13-20(23)21(24)14-18/h3,6-7,12-14,16-17H,1-2,4-5,8-11H2/t16-,17-. The van der Waals surface area contributed by atoms with Crippen LogP contribution >= 0.6 is 0 Å². The summed E-state index contributed by atoms with van der Waals surface area (Å²) in [4.78, 5) is 0. The van der Waals surface area contributed by atoms with E-state index in [-0.39, 0.29) is 0 Å². The Morgan fingerprint density at radius 3 is 2.56 bits per heavy atom. The molecule has 0 unspecified atom stereocenters. The van der Waals surface area contributed by atoms with Crippen LogP contribution in [0.5, 0.6) is 0 Å². The van der Waals surface area contributed by atoms with E-state index < -0.39 is 17.5 Å². The number of allylic oxidation sites excluding steroid dienone is 4. The van der Waals surface area contributed by atoms with Crippen molar-refractivity contribution >= 4 is 0 Å². The number of hydrogen-bond donors (Lipinski definition) is 0. The summed E-state index contributed by atoms with van der Waals surface area (Å²) in [5.41, 5.74) is 0.852. The van der Waals surface area contributed by atoms with Crippen LogP contribution in [-0.4, -0.2) is 0 Å². The Hall–Kier alpha value is -2.02. The molecule has 1 saturated carbocycles. The van der Waals surface area contributed by atoms with Crippen molar-refractivity contribution in [3.05, 3.63) is 59.5 Å². The maximum atomic E-state index is 13.1. The molecule has 1 aromatic carbocycles. The molecule has 1 aliphatic carbocycles. The van der Waals surface area contributed by atoms with E-state index in [1.165, 1.54) is 43.5 Å². The molecule has 4 heteroatoms. The molecule has 0 aliphatic heterocycles. The summed E-state index contributed by atoms with van der Waals surface area (Å²) in [5.74, 6) is -1.12. The summed E-state index contributed by atoms with van der Waals surface area (Å²) in [7, 11) is 0. The van der Waals surface area contributed by atoms with E-state index in [1.807, 2.05) is 6.08 Å². The monoisotopic (exact) mass is 347 g/mol. The Morgan fingerprint density at radius 2 is 1.88 bits per heavy atom. The molecular weight excluding hydrogens is 323 g/mol. The van der Waals surface area contributed by atoms with Crippen molar-refractivity contribution in [2.24, 2.45) is 11.8 Å². The molecule has 1 aromatic rings. The third-order valence-electron chi connectivity index (χ3n) is 4.94. The normalized spacial score (nSPS) is 21.4. The van der Waals surface area contributed by atoms with Gasteiger partial charge in [-0.3, -0.25) is 0 Å². The number of nitriles is 1. The van der Waals surface area contributed by atoms with Gasteiger partial charge in [0.15, 0.2) is 17.5 Å². The van der Waals surface area contributed by atoms with Gasteiger partial charge in [0.05, 0.1) is 0 Å². The summed E-state index contributed by atoms with van der Waals surface area (Å²) < 4.78 is 38.7. The van der Waals surface area contributed by atoms with Crippen LogP contribution in [0.25, 0.3) is 0 Å². The fourth-order valence-electron chi connectivity index (χ4n) is 3.46. The SMILES string of the molecule is N#CC(F)=CC=C[C@H]1CC[C@H](CCCCc2ccc(F)c(F)c2)CC1. The molecule has 0 aromatic heterocycles. The van der Waals surface area contributed by atoms with Crippen molar-refractivity contribution in [1.82, 2.24) is 0 Å².